The Morgan fingerprint density at radius 2 is 1.29 bits per heavy atom. The molecule has 1 aliphatic heterocycles. The fourth-order valence-electron chi connectivity index (χ4n) is 4.14. The minimum atomic E-state index is -0.348. The molecule has 9 heteroatoms. The summed E-state index contributed by atoms with van der Waals surface area (Å²) in [4.78, 5) is 51.7. The third kappa shape index (κ3) is 5.83. The van der Waals surface area contributed by atoms with Crippen LogP contribution < -0.4 is 20.1 Å². The maximum Gasteiger partial charge on any atom is 0.261 e. The van der Waals surface area contributed by atoms with Gasteiger partial charge in [-0.2, -0.15) is 0 Å². The first kappa shape index (κ1) is 26.4. The zero-order valence-corrected chi connectivity index (χ0v) is 21.3. The number of hydrogen-bond donors (Lipinski definition) is 2. The first-order chi connectivity index (χ1) is 18.4. The van der Waals surface area contributed by atoms with Crippen LogP contribution in [0.1, 0.15) is 57.8 Å². The van der Waals surface area contributed by atoms with E-state index in [1.54, 1.807) is 60.7 Å². The predicted octanol–water partition coefficient (Wildman–Crippen LogP) is 4.75. The van der Waals surface area contributed by atoms with Gasteiger partial charge in [0.15, 0.2) is 0 Å². The number of hydrogen-bond acceptors (Lipinski definition) is 6. The monoisotopic (exact) mass is 515 g/mol. The molecular formula is C29H29N3O6. The van der Waals surface area contributed by atoms with Crippen LogP contribution in [0.25, 0.3) is 0 Å². The fraction of sp³-hybridized carbons (Fsp3) is 0.241. The van der Waals surface area contributed by atoms with Gasteiger partial charge >= 0.3 is 0 Å². The van der Waals surface area contributed by atoms with Crippen LogP contribution in [0.5, 0.6) is 11.5 Å². The van der Waals surface area contributed by atoms with E-state index in [0.29, 0.717) is 59.2 Å². The molecular weight excluding hydrogens is 486 g/mol. The average molecular weight is 516 g/mol. The molecule has 0 radical (unpaired) electrons. The van der Waals surface area contributed by atoms with E-state index in [1.165, 1.54) is 4.90 Å². The highest BCUT2D eigenvalue weighted by atomic mass is 16.5. The van der Waals surface area contributed by atoms with Crippen LogP contribution in [0.2, 0.25) is 0 Å². The van der Waals surface area contributed by atoms with Gasteiger partial charge < -0.3 is 20.1 Å². The Labute approximate surface area is 220 Å². The standard InChI is InChI=1S/C29H29N3O6/c1-3-37-24-18-23(31-27(34)19-11-6-5-7-12-19)25(38-4-2)17-22(24)30-26(33)15-10-16-32-28(35)20-13-8-9-14-21(20)29(32)36/h5-9,11-14,17-18H,3-4,10,15-16H2,1-2H3,(H,30,33)(H,31,34). The largest absolute Gasteiger partial charge is 0.492 e. The van der Waals surface area contributed by atoms with Crippen molar-refractivity contribution in [3.63, 3.8) is 0 Å². The quantitative estimate of drug-likeness (QED) is 0.356. The van der Waals surface area contributed by atoms with Crippen LogP contribution >= 0.6 is 0 Å². The van der Waals surface area contributed by atoms with E-state index >= 15 is 0 Å². The van der Waals surface area contributed by atoms with Gasteiger partial charge in [-0.25, -0.2) is 0 Å². The van der Waals surface area contributed by atoms with E-state index in [1.807, 2.05) is 19.9 Å². The second-order valence-corrected chi connectivity index (χ2v) is 8.49. The molecule has 0 aliphatic carbocycles. The normalized spacial score (nSPS) is 12.2. The van der Waals surface area contributed by atoms with Crippen molar-refractivity contribution in [3.05, 3.63) is 83.4 Å². The molecule has 9 nitrogen and oxygen atoms in total. The van der Waals surface area contributed by atoms with Gasteiger partial charge in [-0.15, -0.1) is 0 Å². The number of carbonyl (C=O) groups excluding carboxylic acids is 4. The lowest BCUT2D eigenvalue weighted by molar-refractivity contribution is -0.116. The smallest absolute Gasteiger partial charge is 0.261 e. The SMILES string of the molecule is CCOc1cc(NC(=O)c2ccccc2)c(OCC)cc1NC(=O)CCCN1C(=O)c2ccccc2C1=O. The van der Waals surface area contributed by atoms with Crippen LogP contribution in [0.3, 0.4) is 0 Å². The summed E-state index contributed by atoms with van der Waals surface area (Å²) in [6.07, 6.45) is 0.375. The predicted molar refractivity (Wildman–Crippen MR) is 143 cm³/mol. The van der Waals surface area contributed by atoms with Gasteiger partial charge in [-0.05, 0) is 44.5 Å². The molecule has 0 bridgehead atoms. The Morgan fingerprint density at radius 3 is 1.84 bits per heavy atom. The Kier molecular flexibility index (Phi) is 8.37. The summed E-state index contributed by atoms with van der Waals surface area (Å²) >= 11 is 0. The number of nitrogens with zero attached hydrogens (tertiary/aromatic N) is 1. The molecule has 1 heterocycles. The molecule has 0 spiro atoms. The zero-order chi connectivity index (χ0) is 27.1. The van der Waals surface area contributed by atoms with E-state index in [4.69, 9.17) is 9.47 Å². The summed E-state index contributed by atoms with van der Waals surface area (Å²) in [6, 6.07) is 18.7. The van der Waals surface area contributed by atoms with Crippen LogP contribution in [0.4, 0.5) is 11.4 Å². The van der Waals surface area contributed by atoms with E-state index in [2.05, 4.69) is 10.6 Å². The number of ether oxygens (including phenoxy) is 2. The maximum atomic E-state index is 12.8. The third-order valence-electron chi connectivity index (χ3n) is 5.90. The van der Waals surface area contributed by atoms with Crippen molar-refractivity contribution in [2.45, 2.75) is 26.7 Å². The first-order valence-electron chi connectivity index (χ1n) is 12.5. The van der Waals surface area contributed by atoms with E-state index < -0.39 is 0 Å². The van der Waals surface area contributed by atoms with Gasteiger partial charge in [0, 0.05) is 30.7 Å². The van der Waals surface area contributed by atoms with Crippen molar-refractivity contribution in [1.29, 1.82) is 0 Å². The topological polar surface area (TPSA) is 114 Å². The molecule has 38 heavy (non-hydrogen) atoms. The Morgan fingerprint density at radius 1 is 0.763 bits per heavy atom. The Bertz CT molecular complexity index is 1320. The van der Waals surface area contributed by atoms with Crippen LogP contribution in [0.15, 0.2) is 66.7 Å². The summed E-state index contributed by atoms with van der Waals surface area (Å²) < 4.78 is 11.5. The van der Waals surface area contributed by atoms with Crippen molar-refractivity contribution in [2.24, 2.45) is 0 Å². The molecule has 0 unspecified atom stereocenters. The lowest BCUT2D eigenvalue weighted by Crippen LogP contribution is -2.31. The average Bonchev–Trinajstić information content (AvgIpc) is 3.16. The molecule has 1 aliphatic rings. The summed E-state index contributed by atoms with van der Waals surface area (Å²) in [6.45, 7) is 4.44. The lowest BCUT2D eigenvalue weighted by Gasteiger charge is -2.18. The molecule has 0 aromatic heterocycles. The molecule has 0 saturated carbocycles. The molecule has 4 amide bonds. The van der Waals surface area contributed by atoms with Gasteiger partial charge in [0.25, 0.3) is 17.7 Å². The van der Waals surface area contributed by atoms with Crippen molar-refractivity contribution in [3.8, 4) is 11.5 Å². The summed E-state index contributed by atoms with van der Waals surface area (Å²) in [5.74, 6) is -0.571. The van der Waals surface area contributed by atoms with Gasteiger partial charge in [-0.3, -0.25) is 24.1 Å². The highest BCUT2D eigenvalue weighted by molar-refractivity contribution is 6.21. The van der Waals surface area contributed by atoms with Crippen molar-refractivity contribution >= 4 is 35.0 Å². The van der Waals surface area contributed by atoms with Crippen LogP contribution in [-0.4, -0.2) is 48.3 Å². The number of benzene rings is 3. The molecule has 0 atom stereocenters. The number of fused-ring (bicyclic) bond motifs is 1. The molecule has 0 fully saturated rings. The number of rotatable bonds is 11. The lowest BCUT2D eigenvalue weighted by atomic mass is 10.1. The van der Waals surface area contributed by atoms with Gasteiger partial charge in [0.05, 0.1) is 35.7 Å². The van der Waals surface area contributed by atoms with Crippen LogP contribution in [0, 0.1) is 0 Å². The summed E-state index contributed by atoms with van der Waals surface area (Å²) in [7, 11) is 0. The molecule has 4 rings (SSSR count). The Hall–Kier alpha value is -4.66. The second-order valence-electron chi connectivity index (χ2n) is 8.49. The fourth-order valence-corrected chi connectivity index (χ4v) is 4.14. The molecule has 196 valence electrons. The van der Waals surface area contributed by atoms with Crippen molar-refractivity contribution < 1.29 is 28.7 Å². The highest BCUT2D eigenvalue weighted by Gasteiger charge is 2.34. The first-order valence-corrected chi connectivity index (χ1v) is 12.5. The minimum absolute atomic E-state index is 0.0788. The number of anilines is 2. The summed E-state index contributed by atoms with van der Waals surface area (Å²) in [5, 5.41) is 5.67. The number of amides is 4. The van der Waals surface area contributed by atoms with Gasteiger partial charge in [0.1, 0.15) is 11.5 Å². The molecule has 2 N–H and O–H groups in total. The minimum Gasteiger partial charge on any atom is -0.492 e. The number of nitrogens with one attached hydrogen (secondary N) is 2. The molecule has 0 saturated heterocycles. The van der Waals surface area contributed by atoms with Crippen molar-refractivity contribution in [2.75, 3.05) is 30.4 Å². The second kappa shape index (κ2) is 12.1. The van der Waals surface area contributed by atoms with E-state index in [0.717, 1.165) is 0 Å². The van der Waals surface area contributed by atoms with Gasteiger partial charge in [-0.1, -0.05) is 30.3 Å². The number of imide groups is 1. The number of carbonyl (C=O) groups is 4. The molecule has 3 aromatic carbocycles. The van der Waals surface area contributed by atoms with E-state index in [-0.39, 0.29) is 36.6 Å². The van der Waals surface area contributed by atoms with E-state index in [9.17, 15) is 19.2 Å². The maximum absolute atomic E-state index is 12.8. The summed E-state index contributed by atoms with van der Waals surface area (Å²) in [5.41, 5.74) is 2.05. The molecule has 3 aromatic rings. The van der Waals surface area contributed by atoms with Gasteiger partial charge in [0.2, 0.25) is 5.91 Å². The zero-order valence-electron chi connectivity index (χ0n) is 21.3. The van der Waals surface area contributed by atoms with Crippen molar-refractivity contribution in [1.82, 2.24) is 4.90 Å². The highest BCUT2D eigenvalue weighted by Crippen LogP contribution is 2.37. The van der Waals surface area contributed by atoms with Crippen LogP contribution in [-0.2, 0) is 4.79 Å². The third-order valence-corrected chi connectivity index (χ3v) is 5.90. The Balaban J connectivity index is 1.43.